The van der Waals surface area contributed by atoms with E-state index in [4.69, 9.17) is 0 Å². The van der Waals surface area contributed by atoms with Crippen molar-refractivity contribution in [3.63, 3.8) is 0 Å². The average molecular weight is 295 g/mol. The van der Waals surface area contributed by atoms with Gasteiger partial charge in [0.15, 0.2) is 0 Å². The maximum Gasteiger partial charge on any atom is 0.0252 e. The lowest BCUT2D eigenvalue weighted by molar-refractivity contribution is 0.105. The van der Waals surface area contributed by atoms with E-state index in [1.54, 1.807) is 0 Å². The van der Waals surface area contributed by atoms with Crippen LogP contribution in [0, 0.1) is 17.3 Å². The van der Waals surface area contributed by atoms with E-state index in [-0.39, 0.29) is 0 Å². The topological polar surface area (TPSA) is 15.3 Å². The summed E-state index contributed by atoms with van der Waals surface area (Å²) in [5.41, 5.74) is 0.472. The Labute approximate surface area is 133 Å². The van der Waals surface area contributed by atoms with Crippen molar-refractivity contribution in [2.24, 2.45) is 17.3 Å². The van der Waals surface area contributed by atoms with Crippen molar-refractivity contribution in [3.05, 3.63) is 0 Å². The summed E-state index contributed by atoms with van der Waals surface area (Å²) in [6, 6.07) is 1.54. The lowest BCUT2D eigenvalue weighted by Crippen LogP contribution is -2.53. The zero-order chi connectivity index (χ0) is 15.5. The highest BCUT2D eigenvalue weighted by Crippen LogP contribution is 2.38. The summed E-state index contributed by atoms with van der Waals surface area (Å²) in [5.74, 6) is 1.84. The molecule has 1 saturated carbocycles. The number of hydrogen-bond acceptors (Lipinski definition) is 2. The number of hydrogen-bond donors (Lipinski definition) is 1. The van der Waals surface area contributed by atoms with E-state index >= 15 is 0 Å². The minimum Gasteiger partial charge on any atom is -0.312 e. The molecule has 0 radical (unpaired) electrons. The second-order valence-electron chi connectivity index (χ2n) is 8.56. The fraction of sp³-hybridized carbons (Fsp3) is 1.00. The summed E-state index contributed by atoms with van der Waals surface area (Å²) in [4.78, 5) is 2.84. The maximum absolute atomic E-state index is 3.85. The molecule has 2 nitrogen and oxygen atoms in total. The highest BCUT2D eigenvalue weighted by Gasteiger charge is 2.39. The SMILES string of the molecule is CCCNC1CCC(CC)CC1N1CCC(C(C)(C)C)C1. The molecule has 1 heterocycles. The van der Waals surface area contributed by atoms with Gasteiger partial charge in [0.1, 0.15) is 0 Å². The Morgan fingerprint density at radius 1 is 1.10 bits per heavy atom. The summed E-state index contributed by atoms with van der Waals surface area (Å²) >= 11 is 0. The molecule has 2 heteroatoms. The normalized spacial score (nSPS) is 35.3. The summed E-state index contributed by atoms with van der Waals surface area (Å²) in [6.45, 7) is 15.8. The second-order valence-corrected chi connectivity index (χ2v) is 8.56. The van der Waals surface area contributed by atoms with Crippen molar-refractivity contribution < 1.29 is 0 Å². The number of likely N-dealkylation sites (tertiary alicyclic amines) is 1. The molecule has 1 aliphatic heterocycles. The Hall–Kier alpha value is -0.0800. The van der Waals surface area contributed by atoms with Crippen molar-refractivity contribution >= 4 is 0 Å². The van der Waals surface area contributed by atoms with Crippen LogP contribution in [-0.4, -0.2) is 36.6 Å². The van der Waals surface area contributed by atoms with E-state index in [2.05, 4.69) is 44.8 Å². The van der Waals surface area contributed by atoms with Crippen LogP contribution in [0.1, 0.15) is 73.1 Å². The van der Waals surface area contributed by atoms with Gasteiger partial charge in [-0.25, -0.2) is 0 Å². The zero-order valence-electron chi connectivity index (χ0n) is 15.1. The highest BCUT2D eigenvalue weighted by atomic mass is 15.2. The molecule has 1 aliphatic carbocycles. The molecule has 124 valence electrons. The third-order valence-electron chi connectivity index (χ3n) is 6.07. The Balaban J connectivity index is 1.99. The summed E-state index contributed by atoms with van der Waals surface area (Å²) in [6.07, 6.45) is 8.27. The third-order valence-corrected chi connectivity index (χ3v) is 6.07. The Morgan fingerprint density at radius 3 is 2.43 bits per heavy atom. The predicted molar refractivity (Wildman–Crippen MR) is 92.6 cm³/mol. The molecule has 0 spiro atoms. The molecule has 21 heavy (non-hydrogen) atoms. The van der Waals surface area contributed by atoms with Gasteiger partial charge in [0, 0.05) is 18.6 Å². The lowest BCUT2D eigenvalue weighted by Gasteiger charge is -2.42. The molecule has 2 aliphatic rings. The van der Waals surface area contributed by atoms with Crippen LogP contribution in [0.5, 0.6) is 0 Å². The molecule has 0 aromatic carbocycles. The van der Waals surface area contributed by atoms with Crippen LogP contribution in [0.25, 0.3) is 0 Å². The summed E-state index contributed by atoms with van der Waals surface area (Å²) in [5, 5.41) is 3.85. The second kappa shape index (κ2) is 7.46. The van der Waals surface area contributed by atoms with E-state index in [9.17, 15) is 0 Å². The predicted octanol–water partition coefficient (Wildman–Crippen LogP) is 4.30. The van der Waals surface area contributed by atoms with Crippen LogP contribution in [-0.2, 0) is 0 Å². The van der Waals surface area contributed by atoms with Crippen LogP contribution >= 0.6 is 0 Å². The number of nitrogens with one attached hydrogen (secondary N) is 1. The summed E-state index contributed by atoms with van der Waals surface area (Å²) in [7, 11) is 0. The molecule has 1 saturated heterocycles. The zero-order valence-corrected chi connectivity index (χ0v) is 15.1. The molecule has 0 aromatic heterocycles. The van der Waals surface area contributed by atoms with E-state index in [1.807, 2.05) is 0 Å². The van der Waals surface area contributed by atoms with Gasteiger partial charge >= 0.3 is 0 Å². The van der Waals surface area contributed by atoms with E-state index in [0.717, 1.165) is 23.9 Å². The monoisotopic (exact) mass is 294 g/mol. The standard InChI is InChI=1S/C19H38N2/c1-6-11-20-17-9-8-15(7-2)13-18(17)21-12-10-16(14-21)19(3,4)5/h15-18,20H,6-14H2,1-5H3. The van der Waals surface area contributed by atoms with Gasteiger partial charge in [0.2, 0.25) is 0 Å². The first-order valence-corrected chi connectivity index (χ1v) is 9.43. The number of rotatable bonds is 5. The van der Waals surface area contributed by atoms with Crippen LogP contribution < -0.4 is 5.32 Å². The molecule has 2 fully saturated rings. The first kappa shape index (κ1) is 17.3. The Bertz CT molecular complexity index is 307. The third kappa shape index (κ3) is 4.45. The molecule has 4 unspecified atom stereocenters. The van der Waals surface area contributed by atoms with Gasteiger partial charge in [-0.05, 0) is 62.4 Å². The van der Waals surface area contributed by atoms with Crippen LogP contribution in [0.3, 0.4) is 0 Å². The van der Waals surface area contributed by atoms with Crippen molar-refractivity contribution in [1.82, 2.24) is 10.2 Å². The molecular weight excluding hydrogens is 256 g/mol. The lowest BCUT2D eigenvalue weighted by atomic mass is 9.79. The van der Waals surface area contributed by atoms with Crippen molar-refractivity contribution in [3.8, 4) is 0 Å². The first-order valence-electron chi connectivity index (χ1n) is 9.43. The van der Waals surface area contributed by atoms with E-state index < -0.39 is 0 Å². The highest BCUT2D eigenvalue weighted by molar-refractivity contribution is 4.95. The average Bonchev–Trinajstić information content (AvgIpc) is 2.94. The van der Waals surface area contributed by atoms with Gasteiger partial charge in [0.05, 0.1) is 0 Å². The van der Waals surface area contributed by atoms with Crippen molar-refractivity contribution in [2.75, 3.05) is 19.6 Å². The molecular formula is C19H38N2. The fourth-order valence-electron chi connectivity index (χ4n) is 4.37. The fourth-order valence-corrected chi connectivity index (χ4v) is 4.37. The first-order chi connectivity index (χ1) is 9.95. The molecule has 1 N–H and O–H groups in total. The largest absolute Gasteiger partial charge is 0.312 e. The minimum atomic E-state index is 0.472. The molecule has 4 atom stereocenters. The molecule has 0 amide bonds. The van der Waals surface area contributed by atoms with Gasteiger partial charge in [-0.15, -0.1) is 0 Å². The molecule has 0 aromatic rings. The van der Waals surface area contributed by atoms with Crippen molar-refractivity contribution in [2.45, 2.75) is 85.2 Å². The van der Waals surface area contributed by atoms with Gasteiger partial charge < -0.3 is 5.32 Å². The van der Waals surface area contributed by atoms with Crippen LogP contribution in [0.2, 0.25) is 0 Å². The van der Waals surface area contributed by atoms with Crippen molar-refractivity contribution in [1.29, 1.82) is 0 Å². The van der Waals surface area contributed by atoms with Gasteiger partial charge in [-0.3, -0.25) is 4.90 Å². The Kier molecular flexibility index (Phi) is 6.14. The molecule has 2 rings (SSSR count). The van der Waals surface area contributed by atoms with Gasteiger partial charge in [-0.1, -0.05) is 41.0 Å². The smallest absolute Gasteiger partial charge is 0.0252 e. The quantitative estimate of drug-likeness (QED) is 0.813. The molecule has 0 bridgehead atoms. The van der Waals surface area contributed by atoms with E-state index in [0.29, 0.717) is 5.41 Å². The summed E-state index contributed by atoms with van der Waals surface area (Å²) < 4.78 is 0. The van der Waals surface area contributed by atoms with Crippen LogP contribution in [0.15, 0.2) is 0 Å². The van der Waals surface area contributed by atoms with Crippen LogP contribution in [0.4, 0.5) is 0 Å². The van der Waals surface area contributed by atoms with Gasteiger partial charge in [0.25, 0.3) is 0 Å². The Morgan fingerprint density at radius 2 is 1.86 bits per heavy atom. The minimum absolute atomic E-state index is 0.472. The van der Waals surface area contributed by atoms with Gasteiger partial charge in [-0.2, -0.15) is 0 Å². The maximum atomic E-state index is 3.85. The number of nitrogens with zero attached hydrogens (tertiary/aromatic N) is 1. The van der Waals surface area contributed by atoms with E-state index in [1.165, 1.54) is 58.2 Å².